The second kappa shape index (κ2) is 8.33. The van der Waals surface area contributed by atoms with Gasteiger partial charge in [0.05, 0.1) is 18.1 Å². The topological polar surface area (TPSA) is 108 Å². The average Bonchev–Trinajstić information content (AvgIpc) is 3.06. The number of ether oxygens (including phenoxy) is 3. The molecule has 1 amide bonds. The number of carbonyl (C=O) groups is 2. The molecule has 0 N–H and O–H groups in total. The van der Waals surface area contributed by atoms with Crippen molar-refractivity contribution >= 4 is 17.6 Å². The van der Waals surface area contributed by atoms with E-state index in [0.29, 0.717) is 36.5 Å². The Morgan fingerprint density at radius 1 is 1.33 bits per heavy atom. The maximum Gasteiger partial charge on any atom is 0.303 e. The molecule has 9 heteroatoms. The van der Waals surface area contributed by atoms with Gasteiger partial charge in [0.15, 0.2) is 6.10 Å². The van der Waals surface area contributed by atoms with Crippen molar-refractivity contribution in [2.24, 2.45) is 0 Å². The van der Waals surface area contributed by atoms with Crippen molar-refractivity contribution in [2.45, 2.75) is 58.3 Å². The summed E-state index contributed by atoms with van der Waals surface area (Å²) in [4.78, 5) is 37.3. The monoisotopic (exact) mass is 418 g/mol. The predicted octanol–water partition coefficient (Wildman–Crippen LogP) is 3.28. The van der Waals surface area contributed by atoms with E-state index in [1.54, 1.807) is 6.07 Å². The first-order chi connectivity index (χ1) is 14.3. The van der Waals surface area contributed by atoms with Crippen LogP contribution in [0.2, 0.25) is 0 Å². The van der Waals surface area contributed by atoms with Crippen molar-refractivity contribution in [2.75, 3.05) is 13.2 Å². The first-order valence-electron chi connectivity index (χ1n) is 10.0. The number of fused-ring (bicyclic) bond motifs is 1. The molecule has 2 aliphatic rings. The number of benzene rings is 1. The van der Waals surface area contributed by atoms with Gasteiger partial charge in [-0.2, -0.15) is 0 Å². The van der Waals surface area contributed by atoms with Gasteiger partial charge in [-0.25, -0.2) is 0 Å². The Morgan fingerprint density at radius 2 is 2.03 bits per heavy atom. The predicted molar refractivity (Wildman–Crippen MR) is 107 cm³/mol. The molecule has 0 aliphatic carbocycles. The quantitative estimate of drug-likeness (QED) is 0.380. The second-order valence-corrected chi connectivity index (χ2v) is 7.34. The molecule has 3 rings (SSSR count). The van der Waals surface area contributed by atoms with E-state index in [1.807, 2.05) is 20.8 Å². The lowest BCUT2D eigenvalue weighted by Crippen LogP contribution is -2.58. The van der Waals surface area contributed by atoms with Crippen LogP contribution >= 0.6 is 0 Å². The Bertz CT molecular complexity index is 891. The molecule has 0 aromatic heterocycles. The number of hydrogen-bond acceptors (Lipinski definition) is 7. The number of nitrogens with zero attached hydrogens (tertiary/aromatic N) is 2. The highest BCUT2D eigenvalue weighted by Gasteiger charge is 2.54. The minimum absolute atomic E-state index is 0.131. The smallest absolute Gasteiger partial charge is 0.303 e. The normalized spacial score (nSPS) is 22.1. The van der Waals surface area contributed by atoms with E-state index in [0.717, 1.165) is 0 Å². The third-order valence-corrected chi connectivity index (χ3v) is 5.69. The molecule has 0 spiro atoms. The molecule has 0 saturated heterocycles. The van der Waals surface area contributed by atoms with Gasteiger partial charge < -0.3 is 19.1 Å². The van der Waals surface area contributed by atoms with Gasteiger partial charge in [0, 0.05) is 30.7 Å². The first-order valence-corrected chi connectivity index (χ1v) is 10.0. The minimum atomic E-state index is -0.881. The van der Waals surface area contributed by atoms with E-state index in [4.69, 9.17) is 14.2 Å². The molecule has 9 nitrogen and oxygen atoms in total. The number of carbonyl (C=O) groups excluding carboxylic acids is 2. The van der Waals surface area contributed by atoms with Crippen LogP contribution in [0.25, 0.3) is 0 Å². The third kappa shape index (κ3) is 3.71. The molecule has 162 valence electrons. The zero-order valence-electron chi connectivity index (χ0n) is 17.5. The van der Waals surface area contributed by atoms with E-state index < -0.39 is 28.6 Å². The van der Waals surface area contributed by atoms with Crippen molar-refractivity contribution in [3.05, 3.63) is 45.7 Å². The lowest BCUT2D eigenvalue weighted by atomic mass is 9.79. The van der Waals surface area contributed by atoms with Crippen molar-refractivity contribution in [1.82, 2.24) is 4.90 Å². The Balaban J connectivity index is 2.17. The number of rotatable bonds is 7. The summed E-state index contributed by atoms with van der Waals surface area (Å²) in [6, 6.07) is 3.55. The fraction of sp³-hybridized carbons (Fsp3) is 0.524. The Hall–Kier alpha value is -3.10. The number of non-ortho nitro benzene ring substituents is 1. The highest BCUT2D eigenvalue weighted by molar-refractivity contribution is 5.91. The molecular formula is C21H26N2O7. The molecule has 0 saturated carbocycles. The minimum Gasteiger partial charge on any atom is -0.496 e. The summed E-state index contributed by atoms with van der Waals surface area (Å²) in [7, 11) is 0. The lowest BCUT2D eigenvalue weighted by Gasteiger charge is -2.49. The third-order valence-electron chi connectivity index (χ3n) is 5.69. The maximum atomic E-state index is 12.9. The molecular weight excluding hydrogens is 392 g/mol. The number of hydrogen-bond donors (Lipinski definition) is 0. The average molecular weight is 418 g/mol. The first kappa shape index (κ1) is 21.6. The number of amides is 1. The molecule has 0 radical (unpaired) electrons. The summed E-state index contributed by atoms with van der Waals surface area (Å²) in [5, 5.41) is 11.4. The molecule has 1 aromatic carbocycles. The molecule has 0 bridgehead atoms. The van der Waals surface area contributed by atoms with Gasteiger partial charge in [-0.1, -0.05) is 13.8 Å². The van der Waals surface area contributed by atoms with Gasteiger partial charge in [0.25, 0.3) is 11.6 Å². The van der Waals surface area contributed by atoms with E-state index >= 15 is 0 Å². The zero-order chi connectivity index (χ0) is 22.1. The molecule has 1 aromatic rings. The molecule has 30 heavy (non-hydrogen) atoms. The van der Waals surface area contributed by atoms with Crippen LogP contribution in [0.1, 0.15) is 52.1 Å². The maximum absolute atomic E-state index is 12.9. The van der Waals surface area contributed by atoms with Crippen LogP contribution in [-0.2, 0) is 19.1 Å². The summed E-state index contributed by atoms with van der Waals surface area (Å²) in [5.74, 6) is 0.121. The highest BCUT2D eigenvalue weighted by Crippen LogP contribution is 2.49. The van der Waals surface area contributed by atoms with Crippen LogP contribution in [0.15, 0.2) is 30.0 Å². The van der Waals surface area contributed by atoms with Crippen LogP contribution in [0.5, 0.6) is 5.75 Å². The molecule has 2 aliphatic heterocycles. The van der Waals surface area contributed by atoms with Crippen molar-refractivity contribution in [3.8, 4) is 5.75 Å². The Morgan fingerprint density at radius 3 is 2.60 bits per heavy atom. The van der Waals surface area contributed by atoms with Gasteiger partial charge in [0.2, 0.25) is 0 Å². The van der Waals surface area contributed by atoms with E-state index in [9.17, 15) is 19.7 Å². The van der Waals surface area contributed by atoms with Gasteiger partial charge >= 0.3 is 5.97 Å². The van der Waals surface area contributed by atoms with Crippen LogP contribution in [-0.4, -0.2) is 46.6 Å². The van der Waals surface area contributed by atoms with Gasteiger partial charge in [-0.3, -0.25) is 19.7 Å². The van der Waals surface area contributed by atoms with Crippen molar-refractivity contribution < 1.29 is 28.7 Å². The van der Waals surface area contributed by atoms with Crippen LogP contribution in [0.3, 0.4) is 0 Å². The summed E-state index contributed by atoms with van der Waals surface area (Å²) in [5.41, 5.74) is -0.574. The Kier molecular flexibility index (Phi) is 6.00. The van der Waals surface area contributed by atoms with Crippen molar-refractivity contribution in [1.29, 1.82) is 0 Å². The van der Waals surface area contributed by atoms with Crippen molar-refractivity contribution in [3.63, 3.8) is 0 Å². The fourth-order valence-corrected chi connectivity index (χ4v) is 4.20. The highest BCUT2D eigenvalue weighted by atomic mass is 16.6. The number of nitro groups is 1. The summed E-state index contributed by atoms with van der Waals surface area (Å²) < 4.78 is 17.5. The summed E-state index contributed by atoms with van der Waals surface area (Å²) in [6.45, 7) is 7.55. The van der Waals surface area contributed by atoms with Crippen LogP contribution in [0, 0.1) is 10.1 Å². The van der Waals surface area contributed by atoms with Gasteiger partial charge in [-0.15, -0.1) is 0 Å². The van der Waals surface area contributed by atoms with Gasteiger partial charge in [0.1, 0.15) is 23.2 Å². The van der Waals surface area contributed by atoms with E-state index in [-0.39, 0.29) is 18.1 Å². The largest absolute Gasteiger partial charge is 0.496 e. The molecule has 2 unspecified atom stereocenters. The van der Waals surface area contributed by atoms with Crippen LogP contribution in [0.4, 0.5) is 5.69 Å². The zero-order valence-corrected chi connectivity index (χ0v) is 17.5. The second-order valence-electron chi connectivity index (χ2n) is 7.34. The molecule has 2 atom stereocenters. The Labute approximate surface area is 174 Å². The molecule has 2 heterocycles. The SMILES string of the molecule is CCOC1=CC(=O)N(C2c3cc([N+](=O)[O-])ccc3OC(CC)(CC)C2OC(C)=O)C1. The van der Waals surface area contributed by atoms with Gasteiger partial charge in [-0.05, 0) is 25.8 Å². The molecule has 0 fully saturated rings. The summed E-state index contributed by atoms with van der Waals surface area (Å²) >= 11 is 0. The van der Waals surface area contributed by atoms with E-state index in [1.165, 1.54) is 30.0 Å². The fourth-order valence-electron chi connectivity index (χ4n) is 4.20. The number of nitro benzene ring substituents is 1. The standard InChI is InChI=1S/C21H26N2O7/c1-5-21(6-2)20(29-13(4)24)19(22-12-15(28-7-3)11-18(22)25)16-10-14(23(26)27)8-9-17(16)30-21/h8-11,19-20H,5-7,12H2,1-4H3. The number of esters is 1. The summed E-state index contributed by atoms with van der Waals surface area (Å²) in [6.07, 6.45) is 1.60. The van der Waals surface area contributed by atoms with Crippen LogP contribution < -0.4 is 4.74 Å². The lowest BCUT2D eigenvalue weighted by molar-refractivity contribution is -0.385. The van der Waals surface area contributed by atoms with E-state index in [2.05, 4.69) is 0 Å².